The molecule has 0 radical (unpaired) electrons. The Kier molecular flexibility index (Phi) is 11.1. The highest BCUT2D eigenvalue weighted by Gasteiger charge is 2.29. The maximum Gasteiger partial charge on any atom is 0.341 e. The van der Waals surface area contributed by atoms with Crippen LogP contribution in [0.2, 0.25) is 0 Å². The molecule has 0 spiro atoms. The van der Waals surface area contributed by atoms with Gasteiger partial charge >= 0.3 is 5.97 Å². The molecule has 9 nitrogen and oxygen atoms in total. The van der Waals surface area contributed by atoms with Gasteiger partial charge in [-0.15, -0.1) is 23.1 Å². The molecular weight excluding hydrogens is 669 g/mol. The number of esters is 1. The Labute approximate surface area is 298 Å². The molecule has 4 N–H and O–H groups in total. The Balaban J connectivity index is 1.19. The van der Waals surface area contributed by atoms with Crippen LogP contribution in [0.15, 0.2) is 95.7 Å². The predicted octanol–water partition coefficient (Wildman–Crippen LogP) is 8.20. The number of carbonyl (C=O) groups excluding carboxylic acids is 4. The molecule has 256 valence electrons. The van der Waals surface area contributed by atoms with Gasteiger partial charge in [0.1, 0.15) is 10.7 Å². The first kappa shape index (κ1) is 34.7. The van der Waals surface area contributed by atoms with Crippen LogP contribution in [0.3, 0.4) is 0 Å². The van der Waals surface area contributed by atoms with Crippen LogP contribution in [0.5, 0.6) is 0 Å². The summed E-state index contributed by atoms with van der Waals surface area (Å²) >= 11 is 2.84. The fourth-order valence-electron chi connectivity index (χ4n) is 5.91. The third-order valence-electron chi connectivity index (χ3n) is 8.37. The van der Waals surface area contributed by atoms with E-state index in [1.807, 2.05) is 43.3 Å². The van der Waals surface area contributed by atoms with E-state index in [0.29, 0.717) is 28.2 Å². The molecule has 3 aromatic carbocycles. The number of H-pyrrole nitrogens is 1. The molecule has 2 heterocycles. The van der Waals surface area contributed by atoms with Gasteiger partial charge in [-0.1, -0.05) is 49.4 Å². The lowest BCUT2D eigenvalue weighted by Gasteiger charge is -2.16. The number of amides is 3. The Bertz CT molecular complexity index is 2070. The lowest BCUT2D eigenvalue weighted by atomic mass is 9.95. The highest BCUT2D eigenvalue weighted by Crippen LogP contribution is 2.39. The van der Waals surface area contributed by atoms with Crippen molar-refractivity contribution in [1.82, 2.24) is 10.3 Å². The monoisotopic (exact) mass is 706 g/mol. The van der Waals surface area contributed by atoms with E-state index in [-0.39, 0.29) is 18.2 Å². The predicted molar refractivity (Wildman–Crippen MR) is 201 cm³/mol. The second kappa shape index (κ2) is 16.1. The summed E-state index contributed by atoms with van der Waals surface area (Å²) < 4.78 is 5.36. The minimum atomic E-state index is -0.500. The lowest BCUT2D eigenvalue weighted by molar-refractivity contribution is -0.116. The van der Waals surface area contributed by atoms with E-state index in [2.05, 4.69) is 20.9 Å². The molecule has 1 unspecified atom stereocenters. The number of thioether (sulfide) groups is 1. The zero-order valence-corrected chi connectivity index (χ0v) is 29.5. The number of hydrogen-bond donors (Lipinski definition) is 4. The second-order valence-corrected chi connectivity index (χ2v) is 14.2. The molecule has 0 saturated heterocycles. The molecule has 50 heavy (non-hydrogen) atoms. The van der Waals surface area contributed by atoms with E-state index in [1.54, 1.807) is 61.7 Å². The summed E-state index contributed by atoms with van der Waals surface area (Å²) in [6.45, 7) is 3.97. The number of anilines is 2. The summed E-state index contributed by atoms with van der Waals surface area (Å²) in [7, 11) is 0. The van der Waals surface area contributed by atoms with Crippen molar-refractivity contribution in [1.29, 1.82) is 0 Å². The van der Waals surface area contributed by atoms with Crippen molar-refractivity contribution in [3.63, 3.8) is 0 Å². The van der Waals surface area contributed by atoms with Crippen molar-refractivity contribution >= 4 is 74.5 Å². The largest absolute Gasteiger partial charge is 0.462 e. The number of thiophene rings is 1. The number of benzene rings is 3. The molecule has 0 aliphatic heterocycles. The summed E-state index contributed by atoms with van der Waals surface area (Å²) in [5.41, 5.74) is 4.14. The van der Waals surface area contributed by atoms with Crippen LogP contribution >= 0.6 is 23.1 Å². The van der Waals surface area contributed by atoms with Crippen LogP contribution in [-0.2, 0) is 27.2 Å². The number of hydrogen-bond acceptors (Lipinski definition) is 7. The third kappa shape index (κ3) is 8.01. The van der Waals surface area contributed by atoms with Crippen LogP contribution in [0.4, 0.5) is 10.7 Å². The summed E-state index contributed by atoms with van der Waals surface area (Å²) in [4.78, 5) is 58.5. The van der Waals surface area contributed by atoms with Crippen molar-refractivity contribution in [3.8, 4) is 0 Å². The van der Waals surface area contributed by atoms with E-state index in [9.17, 15) is 19.2 Å². The fraction of sp³-hybridized carbons (Fsp3) is 0.231. The standard InChI is InChI=1S/C39H38N4O5S2/c1-3-32(37(46)43-38-34(39(47)48-4-2)29-18-9-11-20-33(29)50-38)49-27-16-12-15-26(22-27)41-36(45)31(42-35(44)24-13-6-5-7-14-24)21-25-23-40-30-19-10-8-17-28(25)30/h5-8,10,12-17,19,21-23,32,40H,3-4,9,11,18,20H2,1-2H3,(H,41,45)(H,42,44)(H,43,46)/b31-21-. The molecule has 2 aromatic heterocycles. The molecule has 1 aliphatic carbocycles. The molecule has 3 amide bonds. The first-order valence-corrected chi connectivity index (χ1v) is 18.4. The summed E-state index contributed by atoms with van der Waals surface area (Å²) in [6.07, 6.45) is 7.73. The maximum atomic E-state index is 13.7. The number of fused-ring (bicyclic) bond motifs is 2. The molecule has 0 fully saturated rings. The van der Waals surface area contributed by atoms with E-state index < -0.39 is 23.0 Å². The smallest absolute Gasteiger partial charge is 0.341 e. The number of rotatable bonds is 12. The molecule has 5 aromatic rings. The lowest BCUT2D eigenvalue weighted by Crippen LogP contribution is -2.30. The zero-order chi connectivity index (χ0) is 35.0. The van der Waals surface area contributed by atoms with Gasteiger partial charge in [0.15, 0.2) is 0 Å². The highest BCUT2D eigenvalue weighted by molar-refractivity contribution is 8.00. The average Bonchev–Trinajstić information content (AvgIpc) is 3.71. The molecule has 0 bridgehead atoms. The van der Waals surface area contributed by atoms with Gasteiger partial charge in [0.25, 0.3) is 11.8 Å². The number of aryl methyl sites for hydroxylation is 1. The van der Waals surface area contributed by atoms with Gasteiger partial charge in [0.2, 0.25) is 5.91 Å². The number of para-hydroxylation sites is 1. The number of aromatic amines is 1. The molecular formula is C39H38N4O5S2. The van der Waals surface area contributed by atoms with Gasteiger partial charge in [-0.2, -0.15) is 0 Å². The number of aromatic nitrogens is 1. The van der Waals surface area contributed by atoms with Gasteiger partial charge in [-0.05, 0) is 87.1 Å². The fourth-order valence-corrected chi connectivity index (χ4v) is 8.20. The topological polar surface area (TPSA) is 129 Å². The Hall–Kier alpha value is -5.13. The minimum Gasteiger partial charge on any atom is -0.462 e. The Morgan fingerprint density at radius 3 is 2.52 bits per heavy atom. The number of carbonyl (C=O) groups is 4. The maximum absolute atomic E-state index is 13.7. The van der Waals surface area contributed by atoms with Crippen LogP contribution in [-0.4, -0.2) is 40.5 Å². The average molecular weight is 707 g/mol. The van der Waals surface area contributed by atoms with Crippen LogP contribution in [0.1, 0.15) is 69.8 Å². The van der Waals surface area contributed by atoms with Crippen molar-refractivity contribution in [2.75, 3.05) is 17.2 Å². The summed E-state index contributed by atoms with van der Waals surface area (Å²) in [5, 5.41) is 9.76. The number of ether oxygens (including phenoxy) is 1. The first-order chi connectivity index (χ1) is 24.3. The van der Waals surface area contributed by atoms with Crippen molar-refractivity contribution in [2.45, 2.75) is 56.1 Å². The van der Waals surface area contributed by atoms with Gasteiger partial charge in [0, 0.05) is 43.7 Å². The zero-order valence-electron chi connectivity index (χ0n) is 27.8. The second-order valence-electron chi connectivity index (χ2n) is 11.8. The normalized spacial score (nSPS) is 13.3. The molecule has 11 heteroatoms. The van der Waals surface area contributed by atoms with Gasteiger partial charge in [-0.3, -0.25) is 14.4 Å². The van der Waals surface area contributed by atoms with Crippen molar-refractivity contribution in [3.05, 3.63) is 118 Å². The summed E-state index contributed by atoms with van der Waals surface area (Å²) in [5.74, 6) is -1.52. The van der Waals surface area contributed by atoms with Crippen molar-refractivity contribution in [2.24, 2.45) is 0 Å². The van der Waals surface area contributed by atoms with Crippen LogP contribution in [0, 0.1) is 0 Å². The molecule has 0 saturated carbocycles. The van der Waals surface area contributed by atoms with Gasteiger partial charge in [0.05, 0.1) is 17.4 Å². The third-order valence-corrected chi connectivity index (χ3v) is 10.9. The van der Waals surface area contributed by atoms with Gasteiger partial charge < -0.3 is 25.7 Å². The first-order valence-electron chi connectivity index (χ1n) is 16.7. The number of nitrogens with one attached hydrogen (secondary N) is 4. The van der Waals surface area contributed by atoms with Crippen molar-refractivity contribution < 1.29 is 23.9 Å². The van der Waals surface area contributed by atoms with Crippen LogP contribution < -0.4 is 16.0 Å². The van der Waals surface area contributed by atoms with E-state index in [0.717, 1.165) is 57.5 Å². The Morgan fingerprint density at radius 2 is 1.72 bits per heavy atom. The quantitative estimate of drug-likeness (QED) is 0.0588. The minimum absolute atomic E-state index is 0.0727. The Morgan fingerprint density at radius 1 is 0.940 bits per heavy atom. The SMILES string of the molecule is CCOC(=O)c1c(NC(=O)C(CC)Sc2cccc(NC(=O)/C(=C/c3c[nH]c4ccccc34)NC(=O)c3ccccc3)c2)sc2c1CCCC2. The van der Waals surface area contributed by atoms with Gasteiger partial charge in [-0.25, -0.2) is 4.79 Å². The van der Waals surface area contributed by atoms with E-state index >= 15 is 0 Å². The molecule has 1 atom stereocenters. The van der Waals surface area contributed by atoms with E-state index in [4.69, 9.17) is 4.74 Å². The molecule has 1 aliphatic rings. The highest BCUT2D eigenvalue weighted by atomic mass is 32.2. The summed E-state index contributed by atoms with van der Waals surface area (Å²) in [6, 6.07) is 23.7. The van der Waals surface area contributed by atoms with Crippen LogP contribution in [0.25, 0.3) is 17.0 Å². The molecule has 6 rings (SSSR count). The van der Waals surface area contributed by atoms with E-state index in [1.165, 1.54) is 23.1 Å².